The van der Waals surface area contributed by atoms with Crippen molar-refractivity contribution in [2.24, 2.45) is 11.8 Å². The Morgan fingerprint density at radius 2 is 2.00 bits per heavy atom. The number of rotatable bonds is 3. The molecule has 16 heavy (non-hydrogen) atoms. The van der Waals surface area contributed by atoms with Crippen LogP contribution in [0, 0.1) is 11.8 Å². The van der Waals surface area contributed by atoms with Gasteiger partial charge in [-0.05, 0) is 18.8 Å². The molecule has 3 nitrogen and oxygen atoms in total. The molecule has 1 N–H and O–H groups in total. The van der Waals surface area contributed by atoms with E-state index in [9.17, 15) is 9.90 Å². The quantitative estimate of drug-likeness (QED) is 0.751. The van der Waals surface area contributed by atoms with E-state index in [1.54, 1.807) is 0 Å². The van der Waals surface area contributed by atoms with Crippen LogP contribution in [0.4, 0.5) is 0 Å². The zero-order valence-corrected chi connectivity index (χ0v) is 10.0. The van der Waals surface area contributed by atoms with Crippen LogP contribution in [0.15, 0.2) is 0 Å². The van der Waals surface area contributed by atoms with E-state index in [1.807, 2.05) is 6.92 Å². The maximum absolute atomic E-state index is 11.6. The molecule has 3 atom stereocenters. The number of cyclic esters (lactones) is 1. The lowest BCUT2D eigenvalue weighted by atomic mass is 9.81. The van der Waals surface area contributed by atoms with E-state index < -0.39 is 6.10 Å². The third-order valence-corrected chi connectivity index (χ3v) is 4.08. The molecule has 1 aliphatic carbocycles. The number of hydrogen-bond donors (Lipinski definition) is 1. The fourth-order valence-corrected chi connectivity index (χ4v) is 3.05. The Balaban J connectivity index is 1.90. The topological polar surface area (TPSA) is 46.5 Å². The highest BCUT2D eigenvalue weighted by Gasteiger charge is 2.43. The molecule has 0 radical (unpaired) electrons. The maximum atomic E-state index is 11.6. The first-order valence-electron chi connectivity index (χ1n) is 6.61. The fourth-order valence-electron chi connectivity index (χ4n) is 3.05. The summed E-state index contributed by atoms with van der Waals surface area (Å²) >= 11 is 0. The molecular formula is C13H22O3. The Bertz CT molecular complexity index is 246. The van der Waals surface area contributed by atoms with Gasteiger partial charge in [0.25, 0.3) is 0 Å². The van der Waals surface area contributed by atoms with Gasteiger partial charge in [0.2, 0.25) is 0 Å². The van der Waals surface area contributed by atoms with E-state index >= 15 is 0 Å². The summed E-state index contributed by atoms with van der Waals surface area (Å²) in [6.45, 7) is 1.95. The van der Waals surface area contributed by atoms with Crippen molar-refractivity contribution in [3.05, 3.63) is 0 Å². The van der Waals surface area contributed by atoms with Crippen LogP contribution in [0.25, 0.3) is 0 Å². The van der Waals surface area contributed by atoms with Crippen molar-refractivity contribution in [3.8, 4) is 0 Å². The zero-order chi connectivity index (χ0) is 11.5. The highest BCUT2D eigenvalue weighted by molar-refractivity contribution is 5.75. The Hall–Kier alpha value is -0.570. The van der Waals surface area contributed by atoms with Gasteiger partial charge >= 0.3 is 5.97 Å². The Morgan fingerprint density at radius 3 is 2.56 bits per heavy atom. The average molecular weight is 226 g/mol. The normalized spacial score (nSPS) is 36.4. The molecule has 2 rings (SSSR count). The molecule has 2 aliphatic rings. The molecule has 1 saturated carbocycles. The summed E-state index contributed by atoms with van der Waals surface area (Å²) in [4.78, 5) is 11.6. The minimum absolute atomic E-state index is 0.176. The lowest BCUT2D eigenvalue weighted by Gasteiger charge is -2.24. The molecule has 1 aliphatic heterocycles. The molecule has 0 spiro atoms. The Labute approximate surface area is 97.2 Å². The van der Waals surface area contributed by atoms with Crippen molar-refractivity contribution in [2.45, 2.75) is 64.1 Å². The van der Waals surface area contributed by atoms with Crippen LogP contribution >= 0.6 is 0 Å². The van der Waals surface area contributed by atoms with E-state index in [0.717, 1.165) is 6.42 Å². The van der Waals surface area contributed by atoms with Crippen LogP contribution in [0.1, 0.15) is 51.9 Å². The summed E-state index contributed by atoms with van der Waals surface area (Å²) in [6.07, 6.45) is 7.02. The van der Waals surface area contributed by atoms with Crippen LogP contribution < -0.4 is 0 Å². The maximum Gasteiger partial charge on any atom is 0.312 e. The first-order valence-corrected chi connectivity index (χ1v) is 6.61. The Morgan fingerprint density at radius 1 is 1.31 bits per heavy atom. The Kier molecular flexibility index (Phi) is 3.85. The standard InChI is InChI=1S/C13H22O3/c1-2-11-12(14)10(13(15)16-11)8-9-6-4-3-5-7-9/h9-12,14H,2-8H2,1H3. The van der Waals surface area contributed by atoms with Crippen molar-refractivity contribution in [1.82, 2.24) is 0 Å². The predicted molar refractivity (Wildman–Crippen MR) is 60.9 cm³/mol. The smallest absolute Gasteiger partial charge is 0.312 e. The molecular weight excluding hydrogens is 204 g/mol. The van der Waals surface area contributed by atoms with Gasteiger partial charge in [0, 0.05) is 0 Å². The largest absolute Gasteiger partial charge is 0.459 e. The first-order chi connectivity index (χ1) is 7.72. The van der Waals surface area contributed by atoms with Gasteiger partial charge < -0.3 is 9.84 Å². The summed E-state index contributed by atoms with van der Waals surface area (Å²) in [5, 5.41) is 10.0. The van der Waals surface area contributed by atoms with Gasteiger partial charge in [0.1, 0.15) is 12.2 Å². The summed E-state index contributed by atoms with van der Waals surface area (Å²) in [5.41, 5.74) is 0. The van der Waals surface area contributed by atoms with Crippen LogP contribution in [0.2, 0.25) is 0 Å². The van der Waals surface area contributed by atoms with Crippen LogP contribution in [0.3, 0.4) is 0 Å². The molecule has 3 heteroatoms. The average Bonchev–Trinajstić information content (AvgIpc) is 2.58. The number of ether oxygens (including phenoxy) is 1. The summed E-state index contributed by atoms with van der Waals surface area (Å²) < 4.78 is 5.19. The lowest BCUT2D eigenvalue weighted by Crippen LogP contribution is -2.28. The number of aliphatic hydroxyl groups excluding tert-OH is 1. The van der Waals surface area contributed by atoms with Gasteiger partial charge in [0.15, 0.2) is 0 Å². The van der Waals surface area contributed by atoms with Gasteiger partial charge in [-0.25, -0.2) is 0 Å². The van der Waals surface area contributed by atoms with Crippen molar-refractivity contribution >= 4 is 5.97 Å². The lowest BCUT2D eigenvalue weighted by molar-refractivity contribution is -0.144. The predicted octanol–water partition coefficient (Wildman–Crippen LogP) is 2.27. The van der Waals surface area contributed by atoms with Crippen molar-refractivity contribution in [3.63, 3.8) is 0 Å². The molecule has 0 aromatic rings. The van der Waals surface area contributed by atoms with Crippen molar-refractivity contribution in [1.29, 1.82) is 0 Å². The molecule has 2 fully saturated rings. The van der Waals surface area contributed by atoms with Gasteiger partial charge in [-0.2, -0.15) is 0 Å². The van der Waals surface area contributed by atoms with E-state index in [2.05, 4.69) is 0 Å². The van der Waals surface area contributed by atoms with Gasteiger partial charge in [-0.15, -0.1) is 0 Å². The second-order valence-electron chi connectivity index (χ2n) is 5.22. The van der Waals surface area contributed by atoms with Crippen LogP contribution in [-0.2, 0) is 9.53 Å². The third kappa shape index (κ3) is 2.40. The van der Waals surface area contributed by atoms with E-state index in [4.69, 9.17) is 4.74 Å². The van der Waals surface area contributed by atoms with Gasteiger partial charge in [-0.3, -0.25) is 4.79 Å². The molecule has 0 aromatic carbocycles. The number of hydrogen-bond acceptors (Lipinski definition) is 3. The van der Waals surface area contributed by atoms with E-state index in [1.165, 1.54) is 32.1 Å². The number of aliphatic hydroxyl groups is 1. The number of esters is 1. The zero-order valence-electron chi connectivity index (χ0n) is 10.0. The molecule has 1 saturated heterocycles. The molecule has 1 heterocycles. The van der Waals surface area contributed by atoms with Crippen molar-refractivity contribution in [2.75, 3.05) is 0 Å². The van der Waals surface area contributed by atoms with E-state index in [0.29, 0.717) is 12.3 Å². The second kappa shape index (κ2) is 5.17. The number of carbonyl (C=O) groups excluding carboxylic acids is 1. The number of carbonyl (C=O) groups is 1. The highest BCUT2D eigenvalue weighted by atomic mass is 16.6. The SMILES string of the molecule is CCC1OC(=O)C(CC2CCCCC2)C1O. The monoisotopic (exact) mass is 226 g/mol. The summed E-state index contributed by atoms with van der Waals surface area (Å²) in [5.74, 6) is 0.189. The molecule has 0 bridgehead atoms. The van der Waals surface area contributed by atoms with Crippen molar-refractivity contribution < 1.29 is 14.6 Å². The van der Waals surface area contributed by atoms with Crippen LogP contribution in [-0.4, -0.2) is 23.3 Å². The molecule has 3 unspecified atom stereocenters. The second-order valence-corrected chi connectivity index (χ2v) is 5.22. The molecule has 92 valence electrons. The summed E-state index contributed by atoms with van der Waals surface area (Å²) in [6, 6.07) is 0. The third-order valence-electron chi connectivity index (χ3n) is 4.08. The summed E-state index contributed by atoms with van der Waals surface area (Å²) in [7, 11) is 0. The fraction of sp³-hybridized carbons (Fsp3) is 0.923. The van der Waals surface area contributed by atoms with Gasteiger partial charge in [0.05, 0.1) is 5.92 Å². The molecule has 0 aromatic heterocycles. The van der Waals surface area contributed by atoms with E-state index in [-0.39, 0.29) is 18.0 Å². The minimum Gasteiger partial charge on any atom is -0.459 e. The first kappa shape index (κ1) is 11.9. The highest BCUT2D eigenvalue weighted by Crippen LogP contribution is 2.34. The van der Waals surface area contributed by atoms with Crippen LogP contribution in [0.5, 0.6) is 0 Å². The van der Waals surface area contributed by atoms with Gasteiger partial charge in [-0.1, -0.05) is 39.0 Å². The minimum atomic E-state index is -0.570. The molecule has 0 amide bonds.